The molecule has 0 atom stereocenters. The molecule has 2 heterocycles. The first kappa shape index (κ1) is 15.2. The molecule has 0 spiro atoms. The molecule has 0 aliphatic carbocycles. The van der Waals surface area contributed by atoms with E-state index in [9.17, 15) is 0 Å². The molecule has 5 heteroatoms. The maximum atomic E-state index is 6.04. The van der Waals surface area contributed by atoms with Gasteiger partial charge < -0.3 is 14.2 Å². The van der Waals surface area contributed by atoms with E-state index in [0.29, 0.717) is 5.89 Å². The van der Waals surface area contributed by atoms with Gasteiger partial charge in [0.15, 0.2) is 0 Å². The average molecular weight is 340 g/mol. The molecule has 2 aromatic carbocycles. The molecular formula is C19H18ClN3O. The number of nitrogens with zero attached hydrogens (tertiary/aromatic N) is 3. The van der Waals surface area contributed by atoms with Crippen LogP contribution < -0.4 is 4.90 Å². The molecule has 0 saturated heterocycles. The Labute approximate surface area is 146 Å². The number of anilines is 2. The lowest BCUT2D eigenvalue weighted by Crippen LogP contribution is -2.26. The topological polar surface area (TPSA) is 32.5 Å². The third-order valence-corrected chi connectivity index (χ3v) is 4.59. The molecule has 0 N–H and O–H groups in total. The Bertz CT molecular complexity index is 830. The van der Waals surface area contributed by atoms with Gasteiger partial charge in [0.05, 0.1) is 6.20 Å². The molecule has 0 radical (unpaired) electrons. The second kappa shape index (κ2) is 6.30. The summed E-state index contributed by atoms with van der Waals surface area (Å²) in [5.41, 5.74) is 4.64. The zero-order valence-corrected chi connectivity index (χ0v) is 14.2. The van der Waals surface area contributed by atoms with E-state index in [1.54, 1.807) is 12.5 Å². The summed E-state index contributed by atoms with van der Waals surface area (Å²) in [7, 11) is 2.15. The van der Waals surface area contributed by atoms with Crippen molar-refractivity contribution in [3.05, 3.63) is 65.5 Å². The molecule has 24 heavy (non-hydrogen) atoms. The quantitative estimate of drug-likeness (QED) is 0.684. The first-order chi connectivity index (χ1) is 11.7. The van der Waals surface area contributed by atoms with Crippen molar-refractivity contribution < 1.29 is 4.42 Å². The predicted octanol–water partition coefficient (Wildman–Crippen LogP) is 4.58. The molecule has 0 unspecified atom stereocenters. The maximum Gasteiger partial charge on any atom is 0.225 e. The fourth-order valence-electron chi connectivity index (χ4n) is 3.12. The molecule has 1 aliphatic rings. The number of rotatable bonds is 2. The summed E-state index contributed by atoms with van der Waals surface area (Å²) in [5, 5.41) is 0.755. The SMILES string of the molecule is CN1CCN(c2ccc(Cl)cc2)c2ccc(-c3ncco3)cc2C1. The number of likely N-dealkylation sites (N-methyl/N-ethyl adjacent to an activating group) is 1. The predicted molar refractivity (Wildman–Crippen MR) is 96.7 cm³/mol. The van der Waals surface area contributed by atoms with Crippen LogP contribution in [-0.2, 0) is 6.54 Å². The lowest BCUT2D eigenvalue weighted by molar-refractivity contribution is 0.343. The minimum Gasteiger partial charge on any atom is -0.445 e. The third kappa shape index (κ3) is 2.90. The number of hydrogen-bond acceptors (Lipinski definition) is 4. The van der Waals surface area contributed by atoms with Gasteiger partial charge in [-0.2, -0.15) is 0 Å². The number of aromatic nitrogens is 1. The highest BCUT2D eigenvalue weighted by Crippen LogP contribution is 2.34. The van der Waals surface area contributed by atoms with Crippen LogP contribution in [0.4, 0.5) is 11.4 Å². The Balaban J connectivity index is 1.78. The zero-order chi connectivity index (χ0) is 16.5. The van der Waals surface area contributed by atoms with Crippen molar-refractivity contribution in [1.29, 1.82) is 0 Å². The minimum absolute atomic E-state index is 0.655. The highest BCUT2D eigenvalue weighted by molar-refractivity contribution is 6.30. The van der Waals surface area contributed by atoms with E-state index in [0.717, 1.165) is 35.9 Å². The first-order valence-corrected chi connectivity index (χ1v) is 8.33. The molecular weight excluding hydrogens is 322 g/mol. The fraction of sp³-hybridized carbons (Fsp3) is 0.211. The first-order valence-electron chi connectivity index (χ1n) is 7.95. The highest BCUT2D eigenvalue weighted by Gasteiger charge is 2.20. The van der Waals surface area contributed by atoms with Gasteiger partial charge in [0.25, 0.3) is 0 Å². The van der Waals surface area contributed by atoms with E-state index in [2.05, 4.69) is 52.2 Å². The Morgan fingerprint density at radius 2 is 1.92 bits per heavy atom. The Morgan fingerprint density at radius 3 is 2.67 bits per heavy atom. The van der Waals surface area contributed by atoms with Crippen molar-refractivity contribution in [3.8, 4) is 11.5 Å². The van der Waals surface area contributed by atoms with E-state index in [1.807, 2.05) is 12.1 Å². The van der Waals surface area contributed by atoms with Crippen LogP contribution in [-0.4, -0.2) is 30.0 Å². The summed E-state index contributed by atoms with van der Waals surface area (Å²) in [6.45, 7) is 2.82. The van der Waals surface area contributed by atoms with Gasteiger partial charge in [-0.05, 0) is 55.1 Å². The summed E-state index contributed by atoms with van der Waals surface area (Å²) >= 11 is 6.04. The van der Waals surface area contributed by atoms with Crippen LogP contribution in [0.25, 0.3) is 11.5 Å². The average Bonchev–Trinajstić information content (AvgIpc) is 3.06. The molecule has 0 bridgehead atoms. The van der Waals surface area contributed by atoms with Gasteiger partial charge in [0.2, 0.25) is 5.89 Å². The maximum absolute atomic E-state index is 6.04. The van der Waals surface area contributed by atoms with E-state index in [-0.39, 0.29) is 0 Å². The molecule has 1 aromatic heterocycles. The monoisotopic (exact) mass is 339 g/mol. The van der Waals surface area contributed by atoms with E-state index in [1.165, 1.54) is 11.3 Å². The van der Waals surface area contributed by atoms with Gasteiger partial charge >= 0.3 is 0 Å². The smallest absolute Gasteiger partial charge is 0.225 e. The molecule has 4 nitrogen and oxygen atoms in total. The van der Waals surface area contributed by atoms with Gasteiger partial charge in [-0.25, -0.2) is 4.98 Å². The molecule has 3 aromatic rings. The van der Waals surface area contributed by atoms with Gasteiger partial charge in [-0.15, -0.1) is 0 Å². The van der Waals surface area contributed by atoms with Gasteiger partial charge in [-0.3, -0.25) is 0 Å². The minimum atomic E-state index is 0.655. The van der Waals surface area contributed by atoms with Gasteiger partial charge in [-0.1, -0.05) is 11.6 Å². The molecule has 0 fully saturated rings. The largest absolute Gasteiger partial charge is 0.445 e. The Morgan fingerprint density at radius 1 is 1.08 bits per heavy atom. The van der Waals surface area contributed by atoms with Gasteiger partial charge in [0.1, 0.15) is 6.26 Å². The van der Waals surface area contributed by atoms with E-state index >= 15 is 0 Å². The van der Waals surface area contributed by atoms with E-state index < -0.39 is 0 Å². The summed E-state index contributed by atoms with van der Waals surface area (Å²) in [4.78, 5) is 8.93. The second-order valence-electron chi connectivity index (χ2n) is 6.05. The Kier molecular flexibility index (Phi) is 4.00. The number of halogens is 1. The molecule has 122 valence electrons. The van der Waals surface area contributed by atoms with Gasteiger partial charge in [0, 0.05) is 41.6 Å². The van der Waals surface area contributed by atoms with Crippen molar-refractivity contribution in [2.75, 3.05) is 25.0 Å². The Hall–Kier alpha value is -2.30. The summed E-state index contributed by atoms with van der Waals surface area (Å²) < 4.78 is 5.44. The van der Waals surface area contributed by atoms with Crippen LogP contribution >= 0.6 is 11.6 Å². The van der Waals surface area contributed by atoms with Crippen molar-refractivity contribution in [3.63, 3.8) is 0 Å². The lowest BCUT2D eigenvalue weighted by Gasteiger charge is -2.25. The lowest BCUT2D eigenvalue weighted by atomic mass is 10.1. The normalized spacial score (nSPS) is 15.2. The molecule has 1 aliphatic heterocycles. The molecule has 0 amide bonds. The van der Waals surface area contributed by atoms with Crippen molar-refractivity contribution in [2.45, 2.75) is 6.54 Å². The second-order valence-corrected chi connectivity index (χ2v) is 6.48. The summed E-state index contributed by atoms with van der Waals surface area (Å²) in [5.74, 6) is 0.655. The summed E-state index contributed by atoms with van der Waals surface area (Å²) in [6, 6.07) is 14.4. The highest BCUT2D eigenvalue weighted by atomic mass is 35.5. The van der Waals surface area contributed by atoms with Crippen LogP contribution in [0, 0.1) is 0 Å². The van der Waals surface area contributed by atoms with Crippen LogP contribution in [0.1, 0.15) is 5.56 Å². The van der Waals surface area contributed by atoms with E-state index in [4.69, 9.17) is 16.0 Å². The number of benzene rings is 2. The number of fused-ring (bicyclic) bond motifs is 1. The number of hydrogen-bond donors (Lipinski definition) is 0. The molecule has 4 rings (SSSR count). The fourth-order valence-corrected chi connectivity index (χ4v) is 3.25. The zero-order valence-electron chi connectivity index (χ0n) is 13.4. The standard InChI is InChI=1S/C19H18ClN3O/c1-22-9-10-23(17-5-3-16(20)4-6-17)18-7-2-14(12-15(18)13-22)19-21-8-11-24-19/h2-8,11-12H,9-10,13H2,1H3. The van der Waals surface area contributed by atoms with Crippen molar-refractivity contribution >= 4 is 23.0 Å². The summed E-state index contributed by atoms with van der Waals surface area (Å²) in [6.07, 6.45) is 3.28. The van der Waals surface area contributed by atoms with Crippen LogP contribution in [0.5, 0.6) is 0 Å². The van der Waals surface area contributed by atoms with Crippen LogP contribution in [0.3, 0.4) is 0 Å². The van der Waals surface area contributed by atoms with Crippen molar-refractivity contribution in [2.24, 2.45) is 0 Å². The van der Waals surface area contributed by atoms with Crippen LogP contribution in [0.2, 0.25) is 5.02 Å². The third-order valence-electron chi connectivity index (χ3n) is 4.33. The number of oxazole rings is 1. The van der Waals surface area contributed by atoms with Crippen LogP contribution in [0.15, 0.2) is 59.3 Å². The van der Waals surface area contributed by atoms with Crippen molar-refractivity contribution in [1.82, 2.24) is 9.88 Å². The molecule has 0 saturated carbocycles.